The summed E-state index contributed by atoms with van der Waals surface area (Å²) in [7, 11) is 0. The van der Waals surface area contributed by atoms with Crippen molar-refractivity contribution in [2.75, 3.05) is 31.1 Å². The van der Waals surface area contributed by atoms with E-state index in [0.717, 1.165) is 31.6 Å². The molecule has 5 heteroatoms. The summed E-state index contributed by atoms with van der Waals surface area (Å²) in [6.07, 6.45) is 7.71. The number of likely N-dealkylation sites (tertiary alicyclic amines) is 1. The van der Waals surface area contributed by atoms with Crippen molar-refractivity contribution in [1.29, 1.82) is 0 Å². The third kappa shape index (κ3) is 3.16. The molecule has 1 atom stereocenters. The van der Waals surface area contributed by atoms with Crippen molar-refractivity contribution in [3.63, 3.8) is 0 Å². The summed E-state index contributed by atoms with van der Waals surface area (Å²) < 4.78 is 0. The zero-order valence-corrected chi connectivity index (χ0v) is 13.1. The second-order valence-electron chi connectivity index (χ2n) is 6.00. The number of hydrogen-bond acceptors (Lipinski definition) is 2. The fraction of sp³-hybridized carbons (Fsp3) is 0.444. The first-order valence-electron chi connectivity index (χ1n) is 8.06. The van der Waals surface area contributed by atoms with Crippen molar-refractivity contribution in [3.8, 4) is 12.3 Å². The van der Waals surface area contributed by atoms with E-state index in [9.17, 15) is 9.59 Å². The molecule has 3 rings (SSSR count). The molecule has 2 heterocycles. The van der Waals surface area contributed by atoms with Gasteiger partial charge in [0.05, 0.1) is 6.54 Å². The zero-order chi connectivity index (χ0) is 16.2. The number of amides is 3. The number of urea groups is 1. The predicted octanol–water partition coefficient (Wildman–Crippen LogP) is 1.95. The van der Waals surface area contributed by atoms with Gasteiger partial charge >= 0.3 is 6.03 Å². The van der Waals surface area contributed by atoms with Gasteiger partial charge in [0.15, 0.2) is 0 Å². The first-order chi connectivity index (χ1) is 11.2. The highest BCUT2D eigenvalue weighted by Crippen LogP contribution is 2.38. The van der Waals surface area contributed by atoms with E-state index in [0.29, 0.717) is 13.0 Å². The van der Waals surface area contributed by atoms with Crippen LogP contribution in [0.3, 0.4) is 0 Å². The van der Waals surface area contributed by atoms with Gasteiger partial charge < -0.3 is 10.2 Å². The van der Waals surface area contributed by atoms with Crippen LogP contribution in [0.4, 0.5) is 10.5 Å². The van der Waals surface area contributed by atoms with Crippen LogP contribution in [0.1, 0.15) is 30.7 Å². The molecule has 0 spiro atoms. The molecule has 23 heavy (non-hydrogen) atoms. The Morgan fingerprint density at radius 2 is 2.22 bits per heavy atom. The lowest BCUT2D eigenvalue weighted by molar-refractivity contribution is -0.127. The summed E-state index contributed by atoms with van der Waals surface area (Å²) in [6, 6.07) is 7.81. The minimum atomic E-state index is -0.157. The molecule has 120 valence electrons. The maximum absolute atomic E-state index is 12.3. The zero-order valence-electron chi connectivity index (χ0n) is 13.1. The molecule has 3 amide bonds. The average Bonchev–Trinajstić information content (AvgIpc) is 3.14. The molecule has 1 N–H and O–H groups in total. The second-order valence-corrected chi connectivity index (χ2v) is 6.00. The number of rotatable bonds is 4. The lowest BCUT2D eigenvalue weighted by atomic mass is 9.98. The molecule has 2 aliphatic heterocycles. The standard InChI is InChI=1S/C18H21N3O2/c1-2-10-19-18(23)21-13-14(15-6-3-4-7-16(15)21)9-12-20-11-5-8-17(20)22/h1,3-4,6-7,14H,5,8-13H2,(H,19,23)/t14-/m0/s1. The maximum atomic E-state index is 12.3. The van der Waals surface area contributed by atoms with Crippen LogP contribution in [0, 0.1) is 12.3 Å². The van der Waals surface area contributed by atoms with Gasteiger partial charge in [0.2, 0.25) is 5.91 Å². The topological polar surface area (TPSA) is 52.7 Å². The highest BCUT2D eigenvalue weighted by Gasteiger charge is 2.32. The van der Waals surface area contributed by atoms with Crippen molar-refractivity contribution in [3.05, 3.63) is 29.8 Å². The van der Waals surface area contributed by atoms with E-state index in [2.05, 4.69) is 17.3 Å². The third-order valence-electron chi connectivity index (χ3n) is 4.58. The largest absolute Gasteiger partial charge is 0.343 e. The van der Waals surface area contributed by atoms with E-state index in [1.807, 2.05) is 23.1 Å². The number of carbonyl (C=O) groups excluding carboxylic acids is 2. The summed E-state index contributed by atoms with van der Waals surface area (Å²) in [5.74, 6) is 2.93. The van der Waals surface area contributed by atoms with Crippen molar-refractivity contribution in [2.24, 2.45) is 0 Å². The molecular weight excluding hydrogens is 290 g/mol. The number of carbonyl (C=O) groups is 2. The number of fused-ring (bicyclic) bond motifs is 1. The number of nitrogens with one attached hydrogen (secondary N) is 1. The minimum absolute atomic E-state index is 0.157. The summed E-state index contributed by atoms with van der Waals surface area (Å²) in [4.78, 5) is 27.7. The van der Waals surface area contributed by atoms with Crippen LogP contribution in [0.2, 0.25) is 0 Å². The van der Waals surface area contributed by atoms with Crippen LogP contribution in [0.15, 0.2) is 24.3 Å². The van der Waals surface area contributed by atoms with E-state index < -0.39 is 0 Å². The van der Waals surface area contributed by atoms with Gasteiger partial charge in [0.25, 0.3) is 0 Å². The predicted molar refractivity (Wildman–Crippen MR) is 89.2 cm³/mol. The second kappa shape index (κ2) is 6.74. The van der Waals surface area contributed by atoms with E-state index in [-0.39, 0.29) is 24.4 Å². The van der Waals surface area contributed by atoms with Crippen LogP contribution in [-0.2, 0) is 4.79 Å². The van der Waals surface area contributed by atoms with Gasteiger partial charge in [-0.15, -0.1) is 6.42 Å². The molecule has 0 radical (unpaired) electrons. The molecule has 0 saturated carbocycles. The molecular formula is C18H21N3O2. The van der Waals surface area contributed by atoms with Gasteiger partial charge in [-0.3, -0.25) is 9.69 Å². The van der Waals surface area contributed by atoms with Gasteiger partial charge in [0.1, 0.15) is 0 Å². The smallest absolute Gasteiger partial charge is 0.322 e. The van der Waals surface area contributed by atoms with Crippen molar-refractivity contribution >= 4 is 17.6 Å². The fourth-order valence-electron chi connectivity index (χ4n) is 3.41. The number of terminal acetylenes is 1. The Labute approximate surface area is 136 Å². The van der Waals surface area contributed by atoms with Gasteiger partial charge in [-0.2, -0.15) is 0 Å². The molecule has 0 aromatic heterocycles. The number of nitrogens with zero attached hydrogens (tertiary/aromatic N) is 2. The Balaban J connectivity index is 1.69. The van der Waals surface area contributed by atoms with E-state index in [4.69, 9.17) is 6.42 Å². The number of hydrogen-bond donors (Lipinski definition) is 1. The minimum Gasteiger partial charge on any atom is -0.343 e. The van der Waals surface area contributed by atoms with E-state index >= 15 is 0 Å². The SMILES string of the molecule is C#CCNC(=O)N1C[C@H](CCN2CCCC2=O)c2ccccc21. The lowest BCUT2D eigenvalue weighted by Gasteiger charge is -2.20. The van der Waals surface area contributed by atoms with Crippen molar-refractivity contribution in [1.82, 2.24) is 10.2 Å². The quantitative estimate of drug-likeness (QED) is 0.864. The molecule has 1 aromatic carbocycles. The summed E-state index contributed by atoms with van der Waals surface area (Å²) in [6.45, 7) is 2.49. The van der Waals surface area contributed by atoms with Gasteiger partial charge in [0, 0.05) is 37.7 Å². The molecule has 2 aliphatic rings. The summed E-state index contributed by atoms with van der Waals surface area (Å²) >= 11 is 0. The van der Waals surface area contributed by atoms with Crippen LogP contribution in [0.5, 0.6) is 0 Å². The van der Waals surface area contributed by atoms with Gasteiger partial charge in [-0.25, -0.2) is 4.79 Å². The normalized spacial score (nSPS) is 19.6. The fourth-order valence-corrected chi connectivity index (χ4v) is 3.41. The lowest BCUT2D eigenvalue weighted by Crippen LogP contribution is -2.39. The summed E-state index contributed by atoms with van der Waals surface area (Å²) in [5, 5.41) is 2.73. The maximum Gasteiger partial charge on any atom is 0.322 e. The third-order valence-corrected chi connectivity index (χ3v) is 4.58. The first-order valence-corrected chi connectivity index (χ1v) is 8.06. The van der Waals surface area contributed by atoms with Gasteiger partial charge in [-0.1, -0.05) is 24.1 Å². The monoisotopic (exact) mass is 311 g/mol. The molecule has 5 nitrogen and oxygen atoms in total. The van der Waals surface area contributed by atoms with Crippen LogP contribution < -0.4 is 10.2 Å². The Morgan fingerprint density at radius 3 is 2.96 bits per heavy atom. The van der Waals surface area contributed by atoms with E-state index in [1.165, 1.54) is 5.56 Å². The Kier molecular flexibility index (Phi) is 4.52. The average molecular weight is 311 g/mol. The highest BCUT2D eigenvalue weighted by atomic mass is 16.2. The van der Waals surface area contributed by atoms with Gasteiger partial charge in [-0.05, 0) is 24.5 Å². The number of anilines is 1. The van der Waals surface area contributed by atoms with E-state index in [1.54, 1.807) is 4.90 Å². The molecule has 1 fully saturated rings. The van der Waals surface area contributed by atoms with Crippen molar-refractivity contribution in [2.45, 2.75) is 25.2 Å². The summed E-state index contributed by atoms with van der Waals surface area (Å²) in [5.41, 5.74) is 2.12. The van der Waals surface area contributed by atoms with Crippen LogP contribution >= 0.6 is 0 Å². The molecule has 0 bridgehead atoms. The Hall–Kier alpha value is -2.48. The Morgan fingerprint density at radius 1 is 1.39 bits per heavy atom. The van der Waals surface area contributed by atoms with Crippen LogP contribution in [-0.4, -0.2) is 43.0 Å². The Bertz CT molecular complexity index is 650. The number of para-hydroxylation sites is 1. The first kappa shape index (κ1) is 15.4. The highest BCUT2D eigenvalue weighted by molar-refractivity contribution is 5.94. The molecule has 0 aliphatic carbocycles. The van der Waals surface area contributed by atoms with Crippen molar-refractivity contribution < 1.29 is 9.59 Å². The van der Waals surface area contributed by atoms with Crippen LogP contribution in [0.25, 0.3) is 0 Å². The molecule has 1 saturated heterocycles. The molecule has 1 aromatic rings. The number of benzene rings is 1. The molecule has 0 unspecified atom stereocenters.